The molecule has 1 unspecified atom stereocenters. The molecule has 0 amide bonds. The van der Waals surface area contributed by atoms with Crippen LogP contribution in [0, 0.1) is 0 Å². The first-order valence-electron chi connectivity index (χ1n) is 6.70. The van der Waals surface area contributed by atoms with Crippen molar-refractivity contribution in [2.75, 3.05) is 12.8 Å². The number of rotatable bonds is 5. The van der Waals surface area contributed by atoms with Gasteiger partial charge in [0.05, 0.1) is 10.9 Å². The topological polar surface area (TPSA) is 46.2 Å². The van der Waals surface area contributed by atoms with Gasteiger partial charge in [-0.1, -0.05) is 42.8 Å². The van der Waals surface area contributed by atoms with Crippen LogP contribution in [0.2, 0.25) is 5.02 Å². The highest BCUT2D eigenvalue weighted by Gasteiger charge is 2.15. The zero-order valence-electron chi connectivity index (χ0n) is 12.0. The minimum absolute atomic E-state index is 0.0611. The van der Waals surface area contributed by atoms with E-state index in [1.54, 1.807) is 18.2 Å². The number of halogens is 1. The van der Waals surface area contributed by atoms with Crippen molar-refractivity contribution in [1.29, 1.82) is 0 Å². The molecule has 0 heterocycles. The van der Waals surface area contributed by atoms with Gasteiger partial charge >= 0.3 is 0 Å². The fourth-order valence-corrected chi connectivity index (χ4v) is 3.01. The minimum Gasteiger partial charge on any atom is -0.307 e. The highest BCUT2D eigenvalue weighted by atomic mass is 35.5. The molecule has 0 spiro atoms. The summed E-state index contributed by atoms with van der Waals surface area (Å²) >= 11 is 5.92. The van der Waals surface area contributed by atoms with Crippen molar-refractivity contribution in [2.24, 2.45) is 0 Å². The normalized spacial score (nSPS) is 13.1. The molecular weight excluding hydrogens is 306 g/mol. The Morgan fingerprint density at radius 2 is 1.76 bits per heavy atom. The SMILES string of the molecule is CCNC(c1ccc(Cl)cc1)c1cccc(S(C)(=O)=O)c1. The third-order valence-corrected chi connectivity index (χ3v) is 4.59. The quantitative estimate of drug-likeness (QED) is 0.916. The lowest BCUT2D eigenvalue weighted by Gasteiger charge is -2.19. The Morgan fingerprint density at radius 3 is 2.33 bits per heavy atom. The van der Waals surface area contributed by atoms with Crippen molar-refractivity contribution < 1.29 is 8.42 Å². The van der Waals surface area contributed by atoms with E-state index >= 15 is 0 Å². The van der Waals surface area contributed by atoms with Crippen LogP contribution in [0.3, 0.4) is 0 Å². The summed E-state index contributed by atoms with van der Waals surface area (Å²) in [4.78, 5) is 0.330. The number of nitrogens with one attached hydrogen (secondary N) is 1. The van der Waals surface area contributed by atoms with Gasteiger partial charge in [0.15, 0.2) is 9.84 Å². The molecular formula is C16H18ClNO2S. The summed E-state index contributed by atoms with van der Waals surface area (Å²) in [5.41, 5.74) is 1.97. The molecule has 0 aliphatic rings. The molecule has 2 rings (SSSR count). The monoisotopic (exact) mass is 323 g/mol. The maximum Gasteiger partial charge on any atom is 0.175 e. The highest BCUT2D eigenvalue weighted by Crippen LogP contribution is 2.25. The van der Waals surface area contributed by atoms with Crippen LogP contribution in [0.4, 0.5) is 0 Å². The molecule has 2 aromatic carbocycles. The Hall–Kier alpha value is -1.36. The Balaban J connectivity index is 2.45. The molecule has 5 heteroatoms. The van der Waals surface area contributed by atoms with E-state index in [1.165, 1.54) is 6.26 Å². The van der Waals surface area contributed by atoms with Crippen LogP contribution >= 0.6 is 11.6 Å². The van der Waals surface area contributed by atoms with Crippen LogP contribution in [0.25, 0.3) is 0 Å². The molecule has 1 N–H and O–H groups in total. The number of benzene rings is 2. The van der Waals surface area contributed by atoms with E-state index in [2.05, 4.69) is 5.32 Å². The third kappa shape index (κ3) is 4.06. The fourth-order valence-electron chi connectivity index (χ4n) is 2.21. The van der Waals surface area contributed by atoms with Gasteiger partial charge in [-0.15, -0.1) is 0 Å². The predicted octanol–water partition coefficient (Wildman–Crippen LogP) is 3.44. The minimum atomic E-state index is -3.21. The van der Waals surface area contributed by atoms with Gasteiger partial charge in [-0.25, -0.2) is 8.42 Å². The maximum atomic E-state index is 11.7. The smallest absolute Gasteiger partial charge is 0.175 e. The zero-order chi connectivity index (χ0) is 15.5. The largest absolute Gasteiger partial charge is 0.307 e. The van der Waals surface area contributed by atoms with E-state index < -0.39 is 9.84 Å². The summed E-state index contributed by atoms with van der Waals surface area (Å²) in [6, 6.07) is 14.5. The van der Waals surface area contributed by atoms with E-state index in [9.17, 15) is 8.42 Å². The van der Waals surface area contributed by atoms with Crippen molar-refractivity contribution in [3.63, 3.8) is 0 Å². The van der Waals surface area contributed by atoms with Crippen LogP contribution in [0.1, 0.15) is 24.1 Å². The van der Waals surface area contributed by atoms with E-state index in [4.69, 9.17) is 11.6 Å². The second-order valence-electron chi connectivity index (χ2n) is 4.89. The van der Waals surface area contributed by atoms with Gasteiger partial charge in [-0.05, 0) is 41.9 Å². The third-order valence-electron chi connectivity index (χ3n) is 3.23. The lowest BCUT2D eigenvalue weighted by Crippen LogP contribution is -2.22. The second kappa shape index (κ2) is 6.60. The van der Waals surface area contributed by atoms with Gasteiger partial charge in [0.1, 0.15) is 0 Å². The van der Waals surface area contributed by atoms with E-state index in [0.29, 0.717) is 9.92 Å². The number of hydrogen-bond donors (Lipinski definition) is 1. The lowest BCUT2D eigenvalue weighted by molar-refractivity contribution is 0.600. The van der Waals surface area contributed by atoms with Crippen molar-refractivity contribution >= 4 is 21.4 Å². The summed E-state index contributed by atoms with van der Waals surface area (Å²) in [5, 5.41) is 4.05. The second-order valence-corrected chi connectivity index (χ2v) is 7.34. The van der Waals surface area contributed by atoms with Crippen molar-refractivity contribution in [3.8, 4) is 0 Å². The first-order valence-corrected chi connectivity index (χ1v) is 8.97. The molecule has 0 radical (unpaired) electrons. The summed E-state index contributed by atoms with van der Waals surface area (Å²) in [5.74, 6) is 0. The van der Waals surface area contributed by atoms with Crippen molar-refractivity contribution in [2.45, 2.75) is 17.9 Å². The van der Waals surface area contributed by atoms with Gasteiger partial charge in [-0.2, -0.15) is 0 Å². The standard InChI is InChI=1S/C16H18ClNO2S/c1-3-18-16(12-7-9-14(17)10-8-12)13-5-4-6-15(11-13)21(2,19)20/h4-11,16,18H,3H2,1-2H3. The fraction of sp³-hybridized carbons (Fsp3) is 0.250. The molecule has 0 aliphatic carbocycles. The maximum absolute atomic E-state index is 11.7. The van der Waals surface area contributed by atoms with Crippen LogP contribution in [0.15, 0.2) is 53.4 Å². The summed E-state index contributed by atoms with van der Waals surface area (Å²) in [7, 11) is -3.21. The van der Waals surface area contributed by atoms with Gasteiger partial charge in [-0.3, -0.25) is 0 Å². The summed E-state index contributed by atoms with van der Waals surface area (Å²) in [6.45, 7) is 2.79. The predicted molar refractivity (Wildman–Crippen MR) is 86.5 cm³/mol. The molecule has 3 nitrogen and oxygen atoms in total. The van der Waals surface area contributed by atoms with Crippen LogP contribution in [-0.2, 0) is 9.84 Å². The Bertz CT molecular complexity index is 711. The van der Waals surface area contributed by atoms with E-state index in [-0.39, 0.29) is 6.04 Å². The van der Waals surface area contributed by atoms with Crippen LogP contribution in [0.5, 0.6) is 0 Å². The molecule has 0 saturated carbocycles. The summed E-state index contributed by atoms with van der Waals surface area (Å²) in [6.07, 6.45) is 1.22. The van der Waals surface area contributed by atoms with Gasteiger partial charge in [0, 0.05) is 11.3 Å². The molecule has 2 aromatic rings. The molecule has 21 heavy (non-hydrogen) atoms. The molecule has 1 atom stereocenters. The molecule has 0 saturated heterocycles. The van der Waals surface area contributed by atoms with E-state index in [1.807, 2.05) is 37.3 Å². The lowest BCUT2D eigenvalue weighted by atomic mass is 9.99. The Labute approximate surface area is 130 Å². The van der Waals surface area contributed by atoms with Crippen molar-refractivity contribution in [1.82, 2.24) is 5.32 Å². The Kier molecular flexibility index (Phi) is 5.04. The molecule has 0 fully saturated rings. The average molecular weight is 324 g/mol. The highest BCUT2D eigenvalue weighted by molar-refractivity contribution is 7.90. The van der Waals surface area contributed by atoms with Crippen LogP contribution < -0.4 is 5.32 Å². The van der Waals surface area contributed by atoms with Crippen LogP contribution in [-0.4, -0.2) is 21.2 Å². The average Bonchev–Trinajstić information content (AvgIpc) is 2.45. The first kappa shape index (κ1) is 16.0. The van der Waals surface area contributed by atoms with Gasteiger partial charge < -0.3 is 5.32 Å². The summed E-state index contributed by atoms with van der Waals surface area (Å²) < 4.78 is 23.4. The number of hydrogen-bond acceptors (Lipinski definition) is 3. The zero-order valence-corrected chi connectivity index (χ0v) is 13.6. The van der Waals surface area contributed by atoms with Crippen molar-refractivity contribution in [3.05, 3.63) is 64.7 Å². The number of sulfone groups is 1. The van der Waals surface area contributed by atoms with Gasteiger partial charge in [0.2, 0.25) is 0 Å². The van der Waals surface area contributed by atoms with Gasteiger partial charge in [0.25, 0.3) is 0 Å². The first-order chi connectivity index (χ1) is 9.91. The molecule has 112 valence electrons. The molecule has 0 aromatic heterocycles. The van der Waals surface area contributed by atoms with E-state index in [0.717, 1.165) is 17.7 Å². The molecule has 0 aliphatic heterocycles. The molecule has 0 bridgehead atoms. The Morgan fingerprint density at radius 1 is 1.10 bits per heavy atom.